The molecule has 0 aliphatic rings. The Kier molecular flexibility index (Phi) is 7.18. The van der Waals surface area contributed by atoms with Gasteiger partial charge in [-0.1, -0.05) is 12.1 Å². The highest BCUT2D eigenvalue weighted by Gasteiger charge is 2.13. The van der Waals surface area contributed by atoms with Crippen LogP contribution in [-0.2, 0) is 18.0 Å². The van der Waals surface area contributed by atoms with E-state index >= 15 is 0 Å². The van der Waals surface area contributed by atoms with E-state index in [9.17, 15) is 13.6 Å². The fraction of sp³-hybridized carbons (Fsp3) is 0.238. The van der Waals surface area contributed by atoms with Gasteiger partial charge in [0, 0.05) is 5.38 Å². The minimum Gasteiger partial charge on any atom is -0.493 e. The summed E-state index contributed by atoms with van der Waals surface area (Å²) in [5, 5.41) is 2.87. The first-order valence-corrected chi connectivity index (χ1v) is 9.75. The zero-order chi connectivity index (χ0) is 21.5. The van der Waals surface area contributed by atoms with Crippen LogP contribution in [0.15, 0.2) is 47.8 Å². The van der Waals surface area contributed by atoms with Gasteiger partial charge in [-0.05, 0) is 42.8 Å². The number of ether oxygens (including phenoxy) is 4. The lowest BCUT2D eigenvalue weighted by molar-refractivity contribution is -0.0512. The molecular weight excluding hydrogens is 416 g/mol. The molecular formula is C21H19F2NO5S. The Hall–Kier alpha value is -3.20. The maximum Gasteiger partial charge on any atom is 0.387 e. The van der Waals surface area contributed by atoms with Crippen LogP contribution in [0.3, 0.4) is 0 Å². The average molecular weight is 435 g/mol. The molecule has 3 rings (SSSR count). The molecule has 9 heteroatoms. The quantitative estimate of drug-likeness (QED) is 0.441. The fourth-order valence-electron chi connectivity index (χ4n) is 2.57. The van der Waals surface area contributed by atoms with Crippen molar-refractivity contribution in [1.82, 2.24) is 4.98 Å². The predicted octanol–water partition coefficient (Wildman–Crippen LogP) is 5.00. The predicted molar refractivity (Wildman–Crippen MR) is 106 cm³/mol. The van der Waals surface area contributed by atoms with E-state index < -0.39 is 12.6 Å². The van der Waals surface area contributed by atoms with E-state index in [4.69, 9.17) is 14.2 Å². The number of hydrogen-bond donors (Lipinski definition) is 0. The van der Waals surface area contributed by atoms with Gasteiger partial charge in [-0.15, -0.1) is 11.3 Å². The van der Waals surface area contributed by atoms with Crippen molar-refractivity contribution < 1.29 is 32.5 Å². The number of carbonyl (C=O) groups excluding carboxylic acids is 1. The van der Waals surface area contributed by atoms with Crippen LogP contribution in [0.5, 0.6) is 17.2 Å². The van der Waals surface area contributed by atoms with Gasteiger partial charge in [-0.3, -0.25) is 0 Å². The van der Waals surface area contributed by atoms with Crippen LogP contribution >= 0.6 is 11.3 Å². The molecule has 2 aromatic carbocycles. The normalized spacial score (nSPS) is 10.7. The summed E-state index contributed by atoms with van der Waals surface area (Å²) < 4.78 is 45.2. The first-order valence-electron chi connectivity index (χ1n) is 8.87. The van der Waals surface area contributed by atoms with Gasteiger partial charge in [0.1, 0.15) is 19.0 Å². The molecule has 0 unspecified atom stereocenters. The molecule has 0 fully saturated rings. The third-order valence-corrected chi connectivity index (χ3v) is 4.76. The number of thiazole rings is 1. The molecule has 0 saturated heterocycles. The lowest BCUT2D eigenvalue weighted by atomic mass is 10.2. The first kappa shape index (κ1) is 21.5. The van der Waals surface area contributed by atoms with Gasteiger partial charge in [-0.25, -0.2) is 9.78 Å². The molecule has 0 N–H and O–H groups in total. The third kappa shape index (κ3) is 5.90. The summed E-state index contributed by atoms with van der Waals surface area (Å²) >= 11 is 1.54. The van der Waals surface area contributed by atoms with Gasteiger partial charge in [0.2, 0.25) is 0 Å². The highest BCUT2D eigenvalue weighted by atomic mass is 32.1. The van der Waals surface area contributed by atoms with Gasteiger partial charge in [0.15, 0.2) is 11.5 Å². The van der Waals surface area contributed by atoms with E-state index in [0.717, 1.165) is 10.7 Å². The summed E-state index contributed by atoms with van der Waals surface area (Å²) in [6.07, 6.45) is 0. The van der Waals surface area contributed by atoms with Gasteiger partial charge in [0.25, 0.3) is 0 Å². The molecule has 6 nitrogen and oxygen atoms in total. The van der Waals surface area contributed by atoms with Crippen molar-refractivity contribution >= 4 is 17.3 Å². The summed E-state index contributed by atoms with van der Waals surface area (Å²) in [5.41, 5.74) is 1.71. The highest BCUT2D eigenvalue weighted by molar-refractivity contribution is 7.09. The van der Waals surface area contributed by atoms with Gasteiger partial charge >= 0.3 is 12.6 Å². The number of carbonyl (C=O) groups is 1. The molecule has 0 saturated carbocycles. The third-order valence-electron chi connectivity index (χ3n) is 3.94. The maximum absolute atomic E-state index is 12.4. The molecule has 30 heavy (non-hydrogen) atoms. The number of nitrogens with zero attached hydrogens (tertiary/aromatic N) is 1. The SMILES string of the molecule is COc1cc(COC(=O)c2cccc(OCc3csc(C)n3)c2)ccc1OC(F)F. The lowest BCUT2D eigenvalue weighted by Crippen LogP contribution is -2.07. The zero-order valence-corrected chi connectivity index (χ0v) is 17.1. The topological polar surface area (TPSA) is 66.9 Å². The van der Waals surface area contributed by atoms with Crippen molar-refractivity contribution in [2.75, 3.05) is 7.11 Å². The monoisotopic (exact) mass is 435 g/mol. The number of aromatic nitrogens is 1. The Labute approximate surface area is 176 Å². The molecule has 0 bridgehead atoms. The first-order chi connectivity index (χ1) is 14.4. The molecule has 0 aliphatic carbocycles. The zero-order valence-electron chi connectivity index (χ0n) is 16.3. The van der Waals surface area contributed by atoms with Crippen LogP contribution in [0.25, 0.3) is 0 Å². The van der Waals surface area contributed by atoms with Crippen LogP contribution in [0.2, 0.25) is 0 Å². The summed E-state index contributed by atoms with van der Waals surface area (Å²) in [7, 11) is 1.34. The van der Waals surface area contributed by atoms with Crippen molar-refractivity contribution in [1.29, 1.82) is 0 Å². The van der Waals surface area contributed by atoms with Gasteiger partial charge in [0.05, 0.1) is 23.4 Å². The molecule has 0 atom stereocenters. The largest absolute Gasteiger partial charge is 0.493 e. The van der Waals surface area contributed by atoms with Crippen molar-refractivity contribution in [3.8, 4) is 17.2 Å². The van der Waals surface area contributed by atoms with Crippen molar-refractivity contribution in [3.05, 3.63) is 69.7 Å². The molecule has 0 spiro atoms. The summed E-state index contributed by atoms with van der Waals surface area (Å²) in [5.74, 6) is 0.00125. The Morgan fingerprint density at radius 2 is 1.97 bits per heavy atom. The van der Waals surface area contributed by atoms with E-state index in [2.05, 4.69) is 9.72 Å². The Bertz CT molecular complexity index is 1010. The number of methoxy groups -OCH3 is 1. The van der Waals surface area contributed by atoms with Gasteiger partial charge in [-0.2, -0.15) is 8.78 Å². The molecule has 158 valence electrons. The van der Waals surface area contributed by atoms with Crippen LogP contribution in [0, 0.1) is 6.92 Å². The second-order valence-corrected chi connectivity index (χ2v) is 7.18. The second-order valence-electron chi connectivity index (χ2n) is 6.11. The van der Waals surface area contributed by atoms with Crippen molar-refractivity contribution in [2.24, 2.45) is 0 Å². The molecule has 0 radical (unpaired) electrons. The van der Waals surface area contributed by atoms with Crippen molar-refractivity contribution in [2.45, 2.75) is 26.7 Å². The Morgan fingerprint density at radius 1 is 1.13 bits per heavy atom. The lowest BCUT2D eigenvalue weighted by Gasteiger charge is -2.12. The molecule has 0 amide bonds. The number of alkyl halides is 2. The fourth-order valence-corrected chi connectivity index (χ4v) is 3.17. The van der Waals surface area contributed by atoms with E-state index in [1.54, 1.807) is 24.3 Å². The van der Waals surface area contributed by atoms with E-state index in [-0.39, 0.29) is 18.1 Å². The Balaban J connectivity index is 1.59. The number of benzene rings is 2. The standard InChI is InChI=1S/C21H19F2NO5S/c1-13-24-16(12-30-13)11-27-17-5-3-4-15(9-17)20(25)28-10-14-6-7-18(29-21(22)23)19(8-14)26-2/h3-9,12,21H,10-11H2,1-2H3. The van der Waals surface area contributed by atoms with Crippen LogP contribution in [-0.4, -0.2) is 24.7 Å². The van der Waals surface area contributed by atoms with Crippen LogP contribution in [0.1, 0.15) is 26.6 Å². The highest BCUT2D eigenvalue weighted by Crippen LogP contribution is 2.29. The van der Waals surface area contributed by atoms with Crippen LogP contribution < -0.4 is 14.2 Å². The molecule has 0 aliphatic heterocycles. The number of hydrogen-bond acceptors (Lipinski definition) is 7. The summed E-state index contributed by atoms with van der Waals surface area (Å²) in [6.45, 7) is -0.806. The number of aryl methyl sites for hydroxylation is 1. The van der Waals surface area contributed by atoms with Gasteiger partial charge < -0.3 is 18.9 Å². The molecule has 1 aromatic heterocycles. The van der Waals surface area contributed by atoms with E-state index in [1.807, 2.05) is 12.3 Å². The second kappa shape index (κ2) is 10.0. The maximum atomic E-state index is 12.4. The number of esters is 1. The molecule has 3 aromatic rings. The summed E-state index contributed by atoms with van der Waals surface area (Å²) in [4.78, 5) is 16.7. The van der Waals surface area contributed by atoms with Crippen LogP contribution in [0.4, 0.5) is 8.78 Å². The number of halogens is 2. The Morgan fingerprint density at radius 3 is 2.67 bits per heavy atom. The molecule has 1 heterocycles. The average Bonchev–Trinajstić information content (AvgIpc) is 3.16. The van der Waals surface area contributed by atoms with E-state index in [1.165, 1.54) is 36.6 Å². The smallest absolute Gasteiger partial charge is 0.387 e. The van der Waals surface area contributed by atoms with E-state index in [0.29, 0.717) is 23.5 Å². The van der Waals surface area contributed by atoms with Crippen molar-refractivity contribution in [3.63, 3.8) is 0 Å². The minimum absolute atomic E-state index is 0.0622. The summed E-state index contributed by atoms with van der Waals surface area (Å²) in [6, 6.07) is 11.0. The number of rotatable bonds is 9. The minimum atomic E-state index is -2.96.